The average molecular weight is 214 g/mol. The summed E-state index contributed by atoms with van der Waals surface area (Å²) in [4.78, 5) is 0. The Bertz CT molecular complexity index is 326. The van der Waals surface area contributed by atoms with Crippen LogP contribution >= 0.6 is 11.6 Å². The molecule has 0 spiro atoms. The van der Waals surface area contributed by atoms with Crippen molar-refractivity contribution in [1.29, 1.82) is 0 Å². The van der Waals surface area contributed by atoms with E-state index in [1.54, 1.807) is 6.07 Å². The first-order chi connectivity index (χ1) is 6.77. The first-order valence-electron chi connectivity index (χ1n) is 4.67. The summed E-state index contributed by atoms with van der Waals surface area (Å²) in [5, 5.41) is 8.20. The monoisotopic (exact) mass is 213 g/mol. The summed E-state index contributed by atoms with van der Waals surface area (Å²) < 4.78 is 5.56. The lowest BCUT2D eigenvalue weighted by atomic mass is 10.1. The Morgan fingerprint density at radius 2 is 2.29 bits per heavy atom. The van der Waals surface area contributed by atoms with Crippen LogP contribution in [0.5, 0.6) is 0 Å². The van der Waals surface area contributed by atoms with Crippen molar-refractivity contribution in [2.75, 3.05) is 12.3 Å². The predicted octanol–water partition coefficient (Wildman–Crippen LogP) is 1.95. The van der Waals surface area contributed by atoms with Gasteiger partial charge in [-0.3, -0.25) is 0 Å². The number of nitrogens with two attached hydrogens (primary N) is 1. The number of hydrogen-bond acceptors (Lipinski definition) is 4. The SMILES string of the molecule is Nc1nnc(C2CCCCO2)cc1Cl. The van der Waals surface area contributed by atoms with Gasteiger partial charge in [-0.2, -0.15) is 5.10 Å². The fourth-order valence-corrected chi connectivity index (χ4v) is 1.67. The van der Waals surface area contributed by atoms with Crippen LogP contribution in [0, 0.1) is 0 Å². The van der Waals surface area contributed by atoms with E-state index in [4.69, 9.17) is 22.1 Å². The van der Waals surface area contributed by atoms with Gasteiger partial charge in [0.15, 0.2) is 5.82 Å². The van der Waals surface area contributed by atoms with Gasteiger partial charge in [-0.1, -0.05) is 11.6 Å². The van der Waals surface area contributed by atoms with Gasteiger partial charge in [-0.25, -0.2) is 0 Å². The summed E-state index contributed by atoms with van der Waals surface area (Å²) in [5.74, 6) is 0.270. The van der Waals surface area contributed by atoms with Crippen molar-refractivity contribution in [2.24, 2.45) is 0 Å². The van der Waals surface area contributed by atoms with Crippen molar-refractivity contribution in [3.05, 3.63) is 16.8 Å². The quantitative estimate of drug-likeness (QED) is 0.775. The minimum atomic E-state index is 0.0364. The largest absolute Gasteiger partial charge is 0.381 e. The predicted molar refractivity (Wildman–Crippen MR) is 54.0 cm³/mol. The molecule has 1 atom stereocenters. The maximum Gasteiger partial charge on any atom is 0.164 e. The zero-order chi connectivity index (χ0) is 9.97. The van der Waals surface area contributed by atoms with Gasteiger partial charge in [0, 0.05) is 6.61 Å². The van der Waals surface area contributed by atoms with Gasteiger partial charge in [0.1, 0.15) is 6.10 Å². The summed E-state index contributed by atoms with van der Waals surface area (Å²) >= 11 is 5.85. The third-order valence-electron chi connectivity index (χ3n) is 2.30. The van der Waals surface area contributed by atoms with Crippen molar-refractivity contribution in [3.63, 3.8) is 0 Å². The molecule has 1 aromatic heterocycles. The van der Waals surface area contributed by atoms with Crippen molar-refractivity contribution in [2.45, 2.75) is 25.4 Å². The fourth-order valence-electron chi connectivity index (χ4n) is 1.52. The molecule has 1 aliphatic rings. The van der Waals surface area contributed by atoms with Crippen LogP contribution in [0.3, 0.4) is 0 Å². The zero-order valence-corrected chi connectivity index (χ0v) is 8.50. The van der Waals surface area contributed by atoms with E-state index in [2.05, 4.69) is 10.2 Å². The van der Waals surface area contributed by atoms with E-state index >= 15 is 0 Å². The lowest BCUT2D eigenvalue weighted by Crippen LogP contribution is -2.13. The Morgan fingerprint density at radius 1 is 1.43 bits per heavy atom. The Labute approximate surface area is 87.4 Å². The van der Waals surface area contributed by atoms with Crippen LogP contribution in [0.25, 0.3) is 0 Å². The zero-order valence-electron chi connectivity index (χ0n) is 7.74. The van der Waals surface area contributed by atoms with Gasteiger partial charge < -0.3 is 10.5 Å². The maximum atomic E-state index is 5.85. The first kappa shape index (κ1) is 9.68. The van der Waals surface area contributed by atoms with Crippen LogP contribution in [0.15, 0.2) is 6.07 Å². The Balaban J connectivity index is 2.18. The molecule has 2 N–H and O–H groups in total. The van der Waals surface area contributed by atoms with Gasteiger partial charge in [-0.05, 0) is 25.3 Å². The summed E-state index contributed by atoms with van der Waals surface area (Å²) in [5.41, 5.74) is 6.25. The molecule has 0 aliphatic carbocycles. The third-order valence-corrected chi connectivity index (χ3v) is 2.60. The molecular formula is C9H12ClN3O. The molecule has 1 fully saturated rings. The molecule has 0 amide bonds. The van der Waals surface area contributed by atoms with Crippen molar-refractivity contribution in [3.8, 4) is 0 Å². The normalized spacial score (nSPS) is 22.2. The number of halogens is 1. The molecule has 4 nitrogen and oxygen atoms in total. The molecule has 14 heavy (non-hydrogen) atoms. The minimum absolute atomic E-state index is 0.0364. The van der Waals surface area contributed by atoms with E-state index in [9.17, 15) is 0 Å². The molecule has 1 aromatic rings. The van der Waals surface area contributed by atoms with Gasteiger partial charge in [-0.15, -0.1) is 5.10 Å². The van der Waals surface area contributed by atoms with Crippen LogP contribution in [-0.4, -0.2) is 16.8 Å². The number of rotatable bonds is 1. The Morgan fingerprint density at radius 3 is 2.93 bits per heavy atom. The smallest absolute Gasteiger partial charge is 0.164 e. The number of ether oxygens (including phenoxy) is 1. The van der Waals surface area contributed by atoms with Crippen LogP contribution in [0.1, 0.15) is 31.1 Å². The second-order valence-corrected chi connectivity index (χ2v) is 3.76. The number of hydrogen-bond donors (Lipinski definition) is 1. The van der Waals surface area contributed by atoms with Crippen molar-refractivity contribution >= 4 is 17.4 Å². The molecule has 1 saturated heterocycles. The minimum Gasteiger partial charge on any atom is -0.381 e. The van der Waals surface area contributed by atoms with Crippen LogP contribution in [0.4, 0.5) is 5.82 Å². The molecule has 0 bridgehead atoms. The highest BCUT2D eigenvalue weighted by Gasteiger charge is 2.18. The second kappa shape index (κ2) is 4.11. The average Bonchev–Trinajstić information content (AvgIpc) is 2.23. The van der Waals surface area contributed by atoms with E-state index in [-0.39, 0.29) is 11.9 Å². The standard InChI is InChI=1S/C9H12ClN3O/c10-6-5-7(12-13-9(6)11)8-3-1-2-4-14-8/h5,8H,1-4H2,(H2,11,13). The Kier molecular flexibility index (Phi) is 2.84. The lowest BCUT2D eigenvalue weighted by molar-refractivity contribution is 0.0118. The van der Waals surface area contributed by atoms with E-state index in [0.717, 1.165) is 31.6 Å². The molecule has 76 valence electrons. The Hall–Kier alpha value is -0.870. The summed E-state index contributed by atoms with van der Waals surface area (Å²) in [6.45, 7) is 0.786. The fraction of sp³-hybridized carbons (Fsp3) is 0.556. The van der Waals surface area contributed by atoms with E-state index in [0.29, 0.717) is 5.02 Å². The summed E-state index contributed by atoms with van der Waals surface area (Å²) in [6, 6.07) is 1.74. The number of aromatic nitrogens is 2. The summed E-state index contributed by atoms with van der Waals surface area (Å²) in [6.07, 6.45) is 3.30. The molecular weight excluding hydrogens is 202 g/mol. The van der Waals surface area contributed by atoms with E-state index in [1.807, 2.05) is 0 Å². The molecule has 1 aliphatic heterocycles. The van der Waals surface area contributed by atoms with Crippen LogP contribution in [0.2, 0.25) is 5.02 Å². The molecule has 2 rings (SSSR count). The molecule has 5 heteroatoms. The lowest BCUT2D eigenvalue weighted by Gasteiger charge is -2.21. The highest BCUT2D eigenvalue weighted by atomic mass is 35.5. The molecule has 0 radical (unpaired) electrons. The van der Waals surface area contributed by atoms with Gasteiger partial charge >= 0.3 is 0 Å². The first-order valence-corrected chi connectivity index (χ1v) is 5.05. The number of nitrogen functional groups attached to an aromatic ring is 1. The molecule has 0 saturated carbocycles. The molecule has 0 aromatic carbocycles. The highest BCUT2D eigenvalue weighted by Crippen LogP contribution is 2.28. The topological polar surface area (TPSA) is 61.0 Å². The molecule has 1 unspecified atom stereocenters. The number of nitrogens with zero attached hydrogens (tertiary/aromatic N) is 2. The van der Waals surface area contributed by atoms with Gasteiger partial charge in [0.05, 0.1) is 10.7 Å². The number of anilines is 1. The van der Waals surface area contributed by atoms with Gasteiger partial charge in [0.25, 0.3) is 0 Å². The third kappa shape index (κ3) is 1.96. The molecule has 2 heterocycles. The van der Waals surface area contributed by atoms with Crippen molar-refractivity contribution in [1.82, 2.24) is 10.2 Å². The van der Waals surface area contributed by atoms with Crippen molar-refractivity contribution < 1.29 is 4.74 Å². The highest BCUT2D eigenvalue weighted by molar-refractivity contribution is 6.32. The van der Waals surface area contributed by atoms with E-state index in [1.165, 1.54) is 0 Å². The second-order valence-electron chi connectivity index (χ2n) is 3.36. The van der Waals surface area contributed by atoms with E-state index < -0.39 is 0 Å². The van der Waals surface area contributed by atoms with Crippen LogP contribution < -0.4 is 5.73 Å². The van der Waals surface area contributed by atoms with Crippen LogP contribution in [-0.2, 0) is 4.74 Å². The van der Waals surface area contributed by atoms with Gasteiger partial charge in [0.2, 0.25) is 0 Å². The maximum absolute atomic E-state index is 5.85. The summed E-state index contributed by atoms with van der Waals surface area (Å²) in [7, 11) is 0.